The molecule has 6 heteroatoms. The molecule has 2 unspecified atom stereocenters. The van der Waals surface area contributed by atoms with Crippen molar-refractivity contribution in [2.24, 2.45) is 5.92 Å². The van der Waals surface area contributed by atoms with Crippen LogP contribution in [0.15, 0.2) is 0 Å². The SMILES string of the molecule is CN1CCC(C(=O)NC(CCO)C(=O)O)C1. The number of rotatable bonds is 5. The lowest BCUT2D eigenvalue weighted by molar-refractivity contribution is -0.142. The Morgan fingerprint density at radius 1 is 1.56 bits per heavy atom. The van der Waals surface area contributed by atoms with E-state index in [1.54, 1.807) is 0 Å². The molecule has 0 aromatic heterocycles. The third kappa shape index (κ3) is 3.46. The minimum atomic E-state index is -1.10. The largest absolute Gasteiger partial charge is 0.480 e. The number of aliphatic carboxylic acids is 1. The number of carboxylic acid groups (broad SMARTS) is 1. The van der Waals surface area contributed by atoms with Crippen molar-refractivity contribution in [3.63, 3.8) is 0 Å². The van der Waals surface area contributed by atoms with Crippen molar-refractivity contribution in [1.82, 2.24) is 10.2 Å². The fourth-order valence-corrected chi connectivity index (χ4v) is 1.83. The van der Waals surface area contributed by atoms with E-state index < -0.39 is 12.0 Å². The average molecular weight is 230 g/mol. The van der Waals surface area contributed by atoms with Crippen LogP contribution in [0.4, 0.5) is 0 Å². The van der Waals surface area contributed by atoms with Gasteiger partial charge in [0, 0.05) is 19.6 Å². The molecule has 1 heterocycles. The van der Waals surface area contributed by atoms with Gasteiger partial charge in [0.1, 0.15) is 6.04 Å². The number of amides is 1. The summed E-state index contributed by atoms with van der Waals surface area (Å²) in [5.41, 5.74) is 0. The lowest BCUT2D eigenvalue weighted by Gasteiger charge is -2.16. The number of hydrogen-bond donors (Lipinski definition) is 3. The third-order valence-corrected chi connectivity index (χ3v) is 2.79. The van der Waals surface area contributed by atoms with Crippen LogP contribution < -0.4 is 5.32 Å². The first-order chi connectivity index (χ1) is 7.54. The minimum absolute atomic E-state index is 0.0453. The van der Waals surface area contributed by atoms with Gasteiger partial charge in [-0.15, -0.1) is 0 Å². The van der Waals surface area contributed by atoms with Gasteiger partial charge < -0.3 is 20.4 Å². The summed E-state index contributed by atoms with van der Waals surface area (Å²) in [6.45, 7) is 1.27. The third-order valence-electron chi connectivity index (χ3n) is 2.79. The van der Waals surface area contributed by atoms with Gasteiger partial charge in [-0.05, 0) is 20.0 Å². The molecule has 1 amide bonds. The molecular formula is C10H18N2O4. The second-order valence-corrected chi connectivity index (χ2v) is 4.16. The highest BCUT2D eigenvalue weighted by atomic mass is 16.4. The number of carbonyl (C=O) groups excluding carboxylic acids is 1. The number of aliphatic hydroxyl groups is 1. The van der Waals surface area contributed by atoms with Gasteiger partial charge >= 0.3 is 5.97 Å². The molecule has 0 bridgehead atoms. The van der Waals surface area contributed by atoms with Crippen LogP contribution in [0, 0.1) is 5.92 Å². The maximum absolute atomic E-state index is 11.7. The Bertz CT molecular complexity index is 270. The molecule has 0 aromatic rings. The summed E-state index contributed by atoms with van der Waals surface area (Å²) in [6, 6.07) is -0.983. The van der Waals surface area contributed by atoms with E-state index in [4.69, 9.17) is 10.2 Å². The second-order valence-electron chi connectivity index (χ2n) is 4.16. The lowest BCUT2D eigenvalue weighted by atomic mass is 10.1. The molecule has 1 saturated heterocycles. The van der Waals surface area contributed by atoms with Crippen LogP contribution in [0.5, 0.6) is 0 Å². The number of hydrogen-bond acceptors (Lipinski definition) is 4. The van der Waals surface area contributed by atoms with E-state index in [0.29, 0.717) is 6.54 Å². The van der Waals surface area contributed by atoms with Crippen molar-refractivity contribution in [2.75, 3.05) is 26.7 Å². The first kappa shape index (κ1) is 12.9. The maximum Gasteiger partial charge on any atom is 0.326 e. The highest BCUT2D eigenvalue weighted by Gasteiger charge is 2.29. The van der Waals surface area contributed by atoms with E-state index in [2.05, 4.69) is 5.32 Å². The number of likely N-dealkylation sites (tertiary alicyclic amines) is 1. The van der Waals surface area contributed by atoms with E-state index in [-0.39, 0.29) is 24.9 Å². The molecule has 3 N–H and O–H groups in total. The quantitative estimate of drug-likeness (QED) is 0.557. The zero-order valence-corrected chi connectivity index (χ0v) is 9.35. The Morgan fingerprint density at radius 2 is 2.25 bits per heavy atom. The molecular weight excluding hydrogens is 212 g/mol. The summed E-state index contributed by atoms with van der Waals surface area (Å²) in [4.78, 5) is 24.5. The summed E-state index contributed by atoms with van der Waals surface area (Å²) >= 11 is 0. The summed E-state index contributed by atoms with van der Waals surface area (Å²) in [5.74, 6) is -1.47. The molecule has 16 heavy (non-hydrogen) atoms. The van der Waals surface area contributed by atoms with Crippen molar-refractivity contribution in [2.45, 2.75) is 18.9 Å². The van der Waals surface area contributed by atoms with E-state index in [1.165, 1.54) is 0 Å². The monoisotopic (exact) mass is 230 g/mol. The predicted octanol–water partition coefficient (Wildman–Crippen LogP) is -1.11. The molecule has 6 nitrogen and oxygen atoms in total. The summed E-state index contributed by atoms with van der Waals surface area (Å²) in [6.07, 6.45) is 0.803. The molecule has 0 spiro atoms. The van der Waals surface area contributed by atoms with Crippen molar-refractivity contribution in [3.05, 3.63) is 0 Å². The van der Waals surface area contributed by atoms with Crippen molar-refractivity contribution in [1.29, 1.82) is 0 Å². The summed E-state index contributed by atoms with van der Waals surface area (Å²) in [7, 11) is 1.93. The van der Waals surface area contributed by atoms with E-state index in [9.17, 15) is 9.59 Å². The molecule has 0 radical (unpaired) electrons. The first-order valence-electron chi connectivity index (χ1n) is 5.37. The van der Waals surface area contributed by atoms with Crippen LogP contribution >= 0.6 is 0 Å². The van der Waals surface area contributed by atoms with Gasteiger partial charge in [-0.1, -0.05) is 0 Å². The molecule has 0 aromatic carbocycles. The van der Waals surface area contributed by atoms with E-state index >= 15 is 0 Å². The molecule has 2 atom stereocenters. The van der Waals surface area contributed by atoms with Crippen LogP contribution in [0.3, 0.4) is 0 Å². The van der Waals surface area contributed by atoms with E-state index in [0.717, 1.165) is 13.0 Å². The number of carboxylic acids is 1. The summed E-state index contributed by atoms with van der Waals surface area (Å²) < 4.78 is 0. The summed E-state index contributed by atoms with van der Waals surface area (Å²) in [5, 5.41) is 19.9. The van der Waals surface area contributed by atoms with Crippen LogP contribution in [-0.4, -0.2) is 59.8 Å². The fraction of sp³-hybridized carbons (Fsp3) is 0.800. The number of nitrogens with one attached hydrogen (secondary N) is 1. The van der Waals surface area contributed by atoms with Crippen LogP contribution in [0.2, 0.25) is 0 Å². The smallest absolute Gasteiger partial charge is 0.326 e. The molecule has 0 aliphatic carbocycles. The minimum Gasteiger partial charge on any atom is -0.480 e. The van der Waals surface area contributed by atoms with Gasteiger partial charge in [0.25, 0.3) is 0 Å². The Kier molecular flexibility index (Phi) is 4.70. The number of aliphatic hydroxyl groups excluding tert-OH is 1. The molecule has 92 valence electrons. The highest BCUT2D eigenvalue weighted by molar-refractivity contribution is 5.85. The molecule has 1 fully saturated rings. The first-order valence-corrected chi connectivity index (χ1v) is 5.37. The normalized spacial score (nSPS) is 23.0. The van der Waals surface area contributed by atoms with Crippen LogP contribution in [0.25, 0.3) is 0 Å². The predicted molar refractivity (Wildman–Crippen MR) is 56.9 cm³/mol. The Labute approximate surface area is 94.2 Å². The Hall–Kier alpha value is -1.14. The van der Waals surface area contributed by atoms with Crippen molar-refractivity contribution < 1.29 is 19.8 Å². The molecule has 1 rings (SSSR count). The van der Waals surface area contributed by atoms with Crippen molar-refractivity contribution >= 4 is 11.9 Å². The molecule has 1 aliphatic rings. The lowest BCUT2D eigenvalue weighted by Crippen LogP contribution is -2.44. The van der Waals surface area contributed by atoms with Gasteiger partial charge in [-0.2, -0.15) is 0 Å². The topological polar surface area (TPSA) is 89.9 Å². The van der Waals surface area contributed by atoms with Gasteiger partial charge in [-0.25, -0.2) is 4.79 Å². The van der Waals surface area contributed by atoms with Gasteiger partial charge in [0.15, 0.2) is 0 Å². The average Bonchev–Trinajstić information content (AvgIpc) is 2.64. The number of nitrogens with zero attached hydrogens (tertiary/aromatic N) is 1. The van der Waals surface area contributed by atoms with Crippen LogP contribution in [0.1, 0.15) is 12.8 Å². The zero-order chi connectivity index (χ0) is 12.1. The highest BCUT2D eigenvalue weighted by Crippen LogP contribution is 2.14. The second kappa shape index (κ2) is 5.81. The van der Waals surface area contributed by atoms with E-state index in [1.807, 2.05) is 11.9 Å². The maximum atomic E-state index is 11.7. The molecule has 0 saturated carbocycles. The Morgan fingerprint density at radius 3 is 2.69 bits per heavy atom. The van der Waals surface area contributed by atoms with Gasteiger partial charge in [-0.3, -0.25) is 4.79 Å². The van der Waals surface area contributed by atoms with Crippen LogP contribution in [-0.2, 0) is 9.59 Å². The van der Waals surface area contributed by atoms with Gasteiger partial charge in [0.2, 0.25) is 5.91 Å². The van der Waals surface area contributed by atoms with Crippen molar-refractivity contribution in [3.8, 4) is 0 Å². The Balaban J connectivity index is 2.45. The standard InChI is InChI=1S/C10H18N2O4/c1-12-4-2-7(6-12)9(14)11-8(3-5-13)10(15)16/h7-8,13H,2-6H2,1H3,(H,11,14)(H,15,16). The van der Waals surface area contributed by atoms with Gasteiger partial charge in [0.05, 0.1) is 5.92 Å². The fourth-order valence-electron chi connectivity index (χ4n) is 1.83. The zero-order valence-electron chi connectivity index (χ0n) is 9.35. The number of carbonyl (C=O) groups is 2. The molecule has 1 aliphatic heterocycles.